The number of nitrogens with zero attached hydrogens (tertiary/aromatic N) is 1. The second-order valence-electron chi connectivity index (χ2n) is 5.03. The van der Waals surface area contributed by atoms with Gasteiger partial charge in [0.25, 0.3) is 0 Å². The van der Waals surface area contributed by atoms with Crippen molar-refractivity contribution in [3.8, 4) is 0 Å². The highest BCUT2D eigenvalue weighted by atomic mass is 79.9. The van der Waals surface area contributed by atoms with Crippen molar-refractivity contribution in [2.24, 2.45) is 0 Å². The molecule has 106 valence electrons. The first-order valence-electron chi connectivity index (χ1n) is 6.35. The van der Waals surface area contributed by atoms with Crippen LogP contribution in [0.2, 0.25) is 0 Å². The number of benzene rings is 1. The van der Waals surface area contributed by atoms with Gasteiger partial charge in [-0.1, -0.05) is 6.07 Å². The van der Waals surface area contributed by atoms with Gasteiger partial charge in [-0.2, -0.15) is 4.31 Å². The maximum atomic E-state index is 12.7. The van der Waals surface area contributed by atoms with Crippen LogP contribution in [-0.4, -0.2) is 37.9 Å². The smallest absolute Gasteiger partial charge is 0.244 e. The van der Waals surface area contributed by atoms with Crippen LogP contribution in [-0.2, 0) is 10.0 Å². The van der Waals surface area contributed by atoms with Crippen molar-refractivity contribution in [3.05, 3.63) is 28.2 Å². The van der Waals surface area contributed by atoms with Gasteiger partial charge in [-0.15, -0.1) is 0 Å². The fraction of sp³-hybridized carbons (Fsp3) is 0.538. The highest BCUT2D eigenvalue weighted by Gasteiger charge is 2.35. The zero-order valence-corrected chi connectivity index (χ0v) is 13.8. The summed E-state index contributed by atoms with van der Waals surface area (Å²) in [7, 11) is -3.45. The Morgan fingerprint density at radius 1 is 1.37 bits per heavy atom. The highest BCUT2D eigenvalue weighted by Crippen LogP contribution is 2.28. The average molecular weight is 347 g/mol. The third-order valence-corrected chi connectivity index (χ3v) is 6.61. The number of sulfonamides is 1. The van der Waals surface area contributed by atoms with E-state index in [0.717, 1.165) is 5.56 Å². The van der Waals surface area contributed by atoms with E-state index < -0.39 is 10.0 Å². The monoisotopic (exact) mass is 346 g/mol. The molecule has 2 unspecified atom stereocenters. The molecule has 0 aliphatic carbocycles. The van der Waals surface area contributed by atoms with Gasteiger partial charge in [-0.3, -0.25) is 0 Å². The Kier molecular flexibility index (Phi) is 4.35. The third-order valence-electron chi connectivity index (χ3n) is 3.65. The molecule has 19 heavy (non-hydrogen) atoms. The Labute approximate surface area is 123 Å². The van der Waals surface area contributed by atoms with Crippen LogP contribution in [0.15, 0.2) is 27.6 Å². The lowest BCUT2D eigenvalue weighted by Crippen LogP contribution is -2.57. The summed E-state index contributed by atoms with van der Waals surface area (Å²) in [6, 6.07) is 5.45. The third kappa shape index (κ3) is 2.86. The van der Waals surface area contributed by atoms with E-state index in [0.29, 0.717) is 22.5 Å². The standard InChI is InChI=1S/C13H19BrN2O2S/c1-9-4-5-13(12(14)8-9)19(17,18)16-7-6-15-10(2)11(16)3/h4-5,8,10-11,15H,6-7H2,1-3H3. The molecule has 1 aliphatic rings. The molecule has 2 rings (SSSR count). The molecule has 1 aromatic carbocycles. The van der Waals surface area contributed by atoms with Crippen molar-refractivity contribution in [3.63, 3.8) is 0 Å². The molecule has 0 aromatic heterocycles. The summed E-state index contributed by atoms with van der Waals surface area (Å²) >= 11 is 3.36. The van der Waals surface area contributed by atoms with E-state index in [4.69, 9.17) is 0 Å². The predicted octanol–water partition coefficient (Wildman–Crippen LogP) is 2.13. The van der Waals surface area contributed by atoms with Gasteiger partial charge in [-0.25, -0.2) is 8.42 Å². The molecular formula is C13H19BrN2O2S. The van der Waals surface area contributed by atoms with Crippen LogP contribution in [0.5, 0.6) is 0 Å². The average Bonchev–Trinajstić information content (AvgIpc) is 2.31. The molecule has 1 aromatic rings. The minimum atomic E-state index is -3.45. The predicted molar refractivity (Wildman–Crippen MR) is 79.7 cm³/mol. The van der Waals surface area contributed by atoms with Gasteiger partial charge in [0.15, 0.2) is 0 Å². The highest BCUT2D eigenvalue weighted by molar-refractivity contribution is 9.10. The van der Waals surface area contributed by atoms with Gasteiger partial charge in [0.05, 0.1) is 4.90 Å². The number of hydrogen-bond acceptors (Lipinski definition) is 3. The number of piperazine rings is 1. The maximum absolute atomic E-state index is 12.7. The first-order chi connectivity index (χ1) is 8.84. The quantitative estimate of drug-likeness (QED) is 0.892. The fourth-order valence-corrected chi connectivity index (χ4v) is 5.16. The van der Waals surface area contributed by atoms with Crippen LogP contribution >= 0.6 is 15.9 Å². The Bertz CT molecular complexity index is 574. The zero-order valence-electron chi connectivity index (χ0n) is 11.4. The number of halogens is 1. The molecule has 6 heteroatoms. The van der Waals surface area contributed by atoms with Crippen molar-refractivity contribution in [1.82, 2.24) is 9.62 Å². The summed E-state index contributed by atoms with van der Waals surface area (Å²) in [4.78, 5) is 0.346. The molecule has 1 aliphatic heterocycles. The lowest BCUT2D eigenvalue weighted by Gasteiger charge is -2.37. The second kappa shape index (κ2) is 5.52. The van der Waals surface area contributed by atoms with Gasteiger partial charge in [0.1, 0.15) is 0 Å². The van der Waals surface area contributed by atoms with E-state index in [9.17, 15) is 8.42 Å². The summed E-state index contributed by atoms with van der Waals surface area (Å²) in [6.45, 7) is 7.09. The Balaban J connectivity index is 2.41. The van der Waals surface area contributed by atoms with Gasteiger partial charge >= 0.3 is 0 Å². The Morgan fingerprint density at radius 2 is 2.05 bits per heavy atom. The van der Waals surface area contributed by atoms with Crippen LogP contribution in [0.25, 0.3) is 0 Å². The van der Waals surface area contributed by atoms with E-state index in [2.05, 4.69) is 21.2 Å². The lowest BCUT2D eigenvalue weighted by atomic mass is 10.1. The van der Waals surface area contributed by atoms with Crippen LogP contribution in [0.4, 0.5) is 0 Å². The Hall–Kier alpha value is -0.430. The van der Waals surface area contributed by atoms with Crippen LogP contribution in [0.1, 0.15) is 19.4 Å². The van der Waals surface area contributed by atoms with E-state index in [1.165, 1.54) is 0 Å². The summed E-state index contributed by atoms with van der Waals surface area (Å²) in [6.07, 6.45) is 0. The number of hydrogen-bond donors (Lipinski definition) is 1. The van der Waals surface area contributed by atoms with E-state index >= 15 is 0 Å². The van der Waals surface area contributed by atoms with Crippen molar-refractivity contribution in [1.29, 1.82) is 0 Å². The summed E-state index contributed by atoms with van der Waals surface area (Å²) in [5.41, 5.74) is 1.03. The Morgan fingerprint density at radius 3 is 2.68 bits per heavy atom. The van der Waals surface area contributed by atoms with Gasteiger partial charge in [0.2, 0.25) is 10.0 Å². The second-order valence-corrected chi connectivity index (χ2v) is 7.75. The minimum absolute atomic E-state index is 0.0491. The summed E-state index contributed by atoms with van der Waals surface area (Å²) in [5.74, 6) is 0. The molecule has 0 saturated carbocycles. The van der Waals surface area contributed by atoms with E-state index in [1.54, 1.807) is 10.4 Å². The van der Waals surface area contributed by atoms with Gasteiger partial charge in [0, 0.05) is 29.6 Å². The van der Waals surface area contributed by atoms with Crippen molar-refractivity contribution >= 4 is 26.0 Å². The first kappa shape index (κ1) is 15.0. The zero-order chi connectivity index (χ0) is 14.2. The number of nitrogens with one attached hydrogen (secondary N) is 1. The van der Waals surface area contributed by atoms with Crippen molar-refractivity contribution in [2.45, 2.75) is 37.8 Å². The number of rotatable bonds is 2. The molecule has 1 N–H and O–H groups in total. The molecule has 0 spiro atoms. The first-order valence-corrected chi connectivity index (χ1v) is 8.58. The minimum Gasteiger partial charge on any atom is -0.311 e. The fourth-order valence-electron chi connectivity index (χ4n) is 2.31. The SMILES string of the molecule is Cc1ccc(S(=O)(=O)N2CCNC(C)C2C)c(Br)c1. The molecule has 4 nitrogen and oxygen atoms in total. The van der Waals surface area contributed by atoms with Crippen LogP contribution < -0.4 is 5.32 Å². The van der Waals surface area contributed by atoms with Crippen molar-refractivity contribution < 1.29 is 8.42 Å². The van der Waals surface area contributed by atoms with Crippen molar-refractivity contribution in [2.75, 3.05) is 13.1 Å². The molecule has 0 amide bonds. The van der Waals surface area contributed by atoms with E-state index in [1.807, 2.05) is 32.9 Å². The normalized spacial score (nSPS) is 25.5. The molecule has 1 saturated heterocycles. The molecule has 2 atom stereocenters. The van der Waals surface area contributed by atoms with Gasteiger partial charge < -0.3 is 5.32 Å². The summed E-state index contributed by atoms with van der Waals surface area (Å²) < 4.78 is 27.7. The van der Waals surface area contributed by atoms with E-state index in [-0.39, 0.29) is 12.1 Å². The lowest BCUT2D eigenvalue weighted by molar-refractivity contribution is 0.233. The number of aryl methyl sites for hydroxylation is 1. The van der Waals surface area contributed by atoms with Crippen LogP contribution in [0, 0.1) is 6.92 Å². The molecular weight excluding hydrogens is 328 g/mol. The van der Waals surface area contributed by atoms with Crippen LogP contribution in [0.3, 0.4) is 0 Å². The largest absolute Gasteiger partial charge is 0.311 e. The maximum Gasteiger partial charge on any atom is 0.244 e. The van der Waals surface area contributed by atoms with Gasteiger partial charge in [-0.05, 0) is 54.4 Å². The molecule has 0 bridgehead atoms. The molecule has 1 fully saturated rings. The summed E-state index contributed by atoms with van der Waals surface area (Å²) in [5, 5.41) is 3.29. The molecule has 1 heterocycles. The molecule has 0 radical (unpaired) electrons. The topological polar surface area (TPSA) is 49.4 Å².